The highest BCUT2D eigenvalue weighted by Gasteiger charge is 2.33. The summed E-state index contributed by atoms with van der Waals surface area (Å²) >= 11 is 6.86. The topological polar surface area (TPSA) is 29.1 Å². The van der Waals surface area contributed by atoms with Crippen molar-refractivity contribution in [2.45, 2.75) is 18.9 Å². The predicted octanol–water partition coefficient (Wildman–Crippen LogP) is 5.09. The van der Waals surface area contributed by atoms with Gasteiger partial charge in [0.05, 0.1) is 11.6 Å². The third-order valence-corrected chi connectivity index (χ3v) is 4.86. The molecule has 2 nitrogen and oxygen atoms in total. The molecule has 1 saturated carbocycles. The van der Waals surface area contributed by atoms with Gasteiger partial charge < -0.3 is 5.32 Å². The van der Waals surface area contributed by atoms with Crippen molar-refractivity contribution in [1.82, 2.24) is 5.32 Å². The molecule has 1 aliphatic carbocycles. The molecule has 0 aliphatic heterocycles. The summed E-state index contributed by atoms with van der Waals surface area (Å²) in [7, 11) is 0. The first kappa shape index (κ1) is 14.8. The molecule has 2 aromatic rings. The smallest absolute Gasteiger partial charge is 0.252 e. The molecular weight excluding hydrogens is 394 g/mol. The lowest BCUT2D eigenvalue weighted by Gasteiger charge is -2.19. The quantitative estimate of drug-likeness (QED) is 0.749. The van der Waals surface area contributed by atoms with Gasteiger partial charge in [-0.1, -0.05) is 46.3 Å². The summed E-state index contributed by atoms with van der Waals surface area (Å²) < 4.78 is 1.75. The lowest BCUT2D eigenvalue weighted by molar-refractivity contribution is 0.0931. The van der Waals surface area contributed by atoms with Crippen molar-refractivity contribution >= 4 is 37.8 Å². The Labute approximate surface area is 141 Å². The number of carbonyl (C=O) groups is 1. The molecule has 0 saturated heterocycles. The van der Waals surface area contributed by atoms with E-state index in [1.165, 1.54) is 18.4 Å². The lowest BCUT2D eigenvalue weighted by Crippen LogP contribution is -2.30. The van der Waals surface area contributed by atoms with E-state index in [4.69, 9.17) is 0 Å². The fourth-order valence-corrected chi connectivity index (χ4v) is 3.68. The van der Waals surface area contributed by atoms with E-state index >= 15 is 0 Å². The fourth-order valence-electron chi connectivity index (χ4n) is 2.46. The zero-order valence-electron chi connectivity index (χ0n) is 11.4. The number of hydrogen-bond acceptors (Lipinski definition) is 1. The van der Waals surface area contributed by atoms with E-state index in [1.54, 1.807) is 0 Å². The second-order valence-electron chi connectivity index (χ2n) is 5.32. The van der Waals surface area contributed by atoms with Gasteiger partial charge in [0, 0.05) is 8.95 Å². The van der Waals surface area contributed by atoms with Crippen molar-refractivity contribution < 1.29 is 4.79 Å². The summed E-state index contributed by atoms with van der Waals surface area (Å²) in [5.74, 6) is 0.528. The second-order valence-corrected chi connectivity index (χ2v) is 7.09. The molecule has 1 unspecified atom stereocenters. The molecule has 1 N–H and O–H groups in total. The third kappa shape index (κ3) is 3.55. The van der Waals surface area contributed by atoms with Crippen molar-refractivity contribution in [3.05, 3.63) is 68.6 Å². The molecule has 108 valence electrons. The van der Waals surface area contributed by atoms with Crippen LogP contribution in [0.3, 0.4) is 0 Å². The van der Waals surface area contributed by atoms with E-state index in [0.717, 1.165) is 8.95 Å². The predicted molar refractivity (Wildman–Crippen MR) is 91.2 cm³/mol. The molecule has 0 spiro atoms. The third-order valence-electron chi connectivity index (χ3n) is 3.71. The Kier molecular flexibility index (Phi) is 4.45. The van der Waals surface area contributed by atoms with Crippen LogP contribution in [0.2, 0.25) is 0 Å². The maximum atomic E-state index is 12.5. The van der Waals surface area contributed by atoms with Crippen molar-refractivity contribution in [2.24, 2.45) is 5.92 Å². The Morgan fingerprint density at radius 3 is 2.43 bits per heavy atom. The molecule has 1 atom stereocenters. The van der Waals surface area contributed by atoms with Crippen LogP contribution in [-0.2, 0) is 0 Å². The Morgan fingerprint density at radius 2 is 1.81 bits per heavy atom. The monoisotopic (exact) mass is 407 g/mol. The van der Waals surface area contributed by atoms with E-state index in [1.807, 2.05) is 36.4 Å². The number of amides is 1. The molecule has 0 radical (unpaired) electrons. The fraction of sp³-hybridized carbons (Fsp3) is 0.235. The summed E-state index contributed by atoms with van der Waals surface area (Å²) in [6.45, 7) is 0. The summed E-state index contributed by atoms with van der Waals surface area (Å²) in [4.78, 5) is 12.5. The van der Waals surface area contributed by atoms with Crippen LogP contribution in [-0.4, -0.2) is 5.91 Å². The van der Waals surface area contributed by atoms with E-state index in [-0.39, 0.29) is 11.9 Å². The van der Waals surface area contributed by atoms with Gasteiger partial charge in [-0.25, -0.2) is 0 Å². The van der Waals surface area contributed by atoms with Crippen molar-refractivity contribution in [2.75, 3.05) is 0 Å². The number of benzene rings is 2. The Hall–Kier alpha value is -1.13. The Morgan fingerprint density at radius 1 is 1.10 bits per heavy atom. The Balaban J connectivity index is 1.81. The SMILES string of the molecule is O=C(NC(c1ccccc1)C1CC1)c1ccc(Br)cc1Br. The van der Waals surface area contributed by atoms with Crippen LogP contribution in [0.5, 0.6) is 0 Å². The van der Waals surface area contributed by atoms with E-state index in [9.17, 15) is 4.79 Å². The van der Waals surface area contributed by atoms with E-state index < -0.39 is 0 Å². The number of nitrogens with one attached hydrogen (secondary N) is 1. The normalized spacial score (nSPS) is 15.5. The average Bonchev–Trinajstić information content (AvgIpc) is 3.30. The molecule has 1 aliphatic rings. The van der Waals surface area contributed by atoms with Crippen LogP contribution in [0, 0.1) is 5.92 Å². The van der Waals surface area contributed by atoms with E-state index in [2.05, 4.69) is 49.3 Å². The zero-order chi connectivity index (χ0) is 14.8. The molecule has 0 bridgehead atoms. The van der Waals surface area contributed by atoms with Gasteiger partial charge in [-0.3, -0.25) is 4.79 Å². The lowest BCUT2D eigenvalue weighted by atomic mass is 10.0. The molecule has 2 aromatic carbocycles. The van der Waals surface area contributed by atoms with Gasteiger partial charge in [0.15, 0.2) is 0 Å². The molecular formula is C17H15Br2NO. The van der Waals surface area contributed by atoms with Crippen molar-refractivity contribution in [1.29, 1.82) is 0 Å². The molecule has 3 rings (SSSR count). The Bertz CT molecular complexity index is 653. The van der Waals surface area contributed by atoms with Gasteiger partial charge in [0.25, 0.3) is 5.91 Å². The first-order valence-corrected chi connectivity index (χ1v) is 8.54. The molecule has 1 fully saturated rings. The minimum atomic E-state index is -0.0323. The van der Waals surface area contributed by atoms with Gasteiger partial charge in [0.2, 0.25) is 0 Å². The summed E-state index contributed by atoms with van der Waals surface area (Å²) in [6.07, 6.45) is 2.36. The maximum Gasteiger partial charge on any atom is 0.252 e. The van der Waals surface area contributed by atoms with Gasteiger partial charge in [-0.2, -0.15) is 0 Å². The summed E-state index contributed by atoms with van der Waals surface area (Å²) in [6, 6.07) is 15.9. The van der Waals surface area contributed by atoms with Gasteiger partial charge in [-0.05, 0) is 58.5 Å². The molecule has 0 heterocycles. The van der Waals surface area contributed by atoms with Gasteiger partial charge in [0.1, 0.15) is 0 Å². The van der Waals surface area contributed by atoms with Crippen LogP contribution in [0.15, 0.2) is 57.5 Å². The average molecular weight is 409 g/mol. The highest BCUT2D eigenvalue weighted by molar-refractivity contribution is 9.11. The standard InChI is InChI=1S/C17H15Br2NO/c18-13-8-9-14(15(19)10-13)17(21)20-16(12-6-7-12)11-4-2-1-3-5-11/h1-5,8-10,12,16H,6-7H2,(H,20,21). The first-order chi connectivity index (χ1) is 10.1. The molecule has 1 amide bonds. The van der Waals surface area contributed by atoms with Gasteiger partial charge in [-0.15, -0.1) is 0 Å². The highest BCUT2D eigenvalue weighted by atomic mass is 79.9. The largest absolute Gasteiger partial charge is 0.345 e. The zero-order valence-corrected chi connectivity index (χ0v) is 14.5. The number of hydrogen-bond donors (Lipinski definition) is 1. The van der Waals surface area contributed by atoms with Crippen LogP contribution in [0.25, 0.3) is 0 Å². The number of halogens is 2. The number of rotatable bonds is 4. The van der Waals surface area contributed by atoms with Crippen LogP contribution >= 0.6 is 31.9 Å². The van der Waals surface area contributed by atoms with Crippen LogP contribution in [0.4, 0.5) is 0 Å². The minimum absolute atomic E-state index is 0.0323. The summed E-state index contributed by atoms with van der Waals surface area (Å²) in [5, 5.41) is 3.19. The van der Waals surface area contributed by atoms with Crippen molar-refractivity contribution in [3.8, 4) is 0 Å². The highest BCUT2D eigenvalue weighted by Crippen LogP contribution is 2.41. The molecule has 0 aromatic heterocycles. The maximum absolute atomic E-state index is 12.5. The van der Waals surface area contributed by atoms with Crippen molar-refractivity contribution in [3.63, 3.8) is 0 Å². The van der Waals surface area contributed by atoms with E-state index in [0.29, 0.717) is 11.5 Å². The molecule has 4 heteroatoms. The minimum Gasteiger partial charge on any atom is -0.345 e. The number of carbonyl (C=O) groups excluding carboxylic acids is 1. The molecule has 21 heavy (non-hydrogen) atoms. The summed E-state index contributed by atoms with van der Waals surface area (Å²) in [5.41, 5.74) is 1.85. The van der Waals surface area contributed by atoms with Crippen LogP contribution in [0.1, 0.15) is 34.8 Å². The van der Waals surface area contributed by atoms with Gasteiger partial charge >= 0.3 is 0 Å². The second kappa shape index (κ2) is 6.32. The first-order valence-electron chi connectivity index (χ1n) is 6.96. The van der Waals surface area contributed by atoms with Crippen LogP contribution < -0.4 is 5.32 Å².